The van der Waals surface area contributed by atoms with Gasteiger partial charge in [0.2, 0.25) is 0 Å². The molecule has 0 aromatic carbocycles. The number of aryl methyl sites for hydroxylation is 1. The van der Waals surface area contributed by atoms with Crippen LogP contribution in [0.3, 0.4) is 0 Å². The summed E-state index contributed by atoms with van der Waals surface area (Å²) < 4.78 is 28.0. The average Bonchev–Trinajstić information content (AvgIpc) is 2.82. The van der Waals surface area contributed by atoms with Gasteiger partial charge in [0.25, 0.3) is 10.2 Å². The van der Waals surface area contributed by atoms with Gasteiger partial charge in [0.15, 0.2) is 0 Å². The number of carboxylic acid groups (broad SMARTS) is 1. The zero-order valence-electron chi connectivity index (χ0n) is 11.1. The summed E-state index contributed by atoms with van der Waals surface area (Å²) in [5, 5.41) is 9.13. The molecule has 20 heavy (non-hydrogen) atoms. The van der Waals surface area contributed by atoms with Gasteiger partial charge in [-0.15, -0.1) is 11.3 Å². The fraction of sp³-hybridized carbons (Fsp3) is 0.636. The van der Waals surface area contributed by atoms with E-state index >= 15 is 0 Å². The summed E-state index contributed by atoms with van der Waals surface area (Å²) in [6.45, 7) is 2.19. The Morgan fingerprint density at radius 3 is 2.95 bits per heavy atom. The largest absolute Gasteiger partial charge is 0.480 e. The monoisotopic (exact) mass is 319 g/mol. The second-order valence-electron chi connectivity index (χ2n) is 4.65. The first kappa shape index (κ1) is 15.4. The van der Waals surface area contributed by atoms with Gasteiger partial charge in [-0.25, -0.2) is 4.98 Å². The van der Waals surface area contributed by atoms with E-state index in [9.17, 15) is 13.2 Å². The van der Waals surface area contributed by atoms with E-state index in [4.69, 9.17) is 5.11 Å². The molecule has 112 valence electrons. The van der Waals surface area contributed by atoms with Crippen molar-refractivity contribution in [3.05, 3.63) is 16.1 Å². The Kier molecular flexibility index (Phi) is 4.74. The second kappa shape index (κ2) is 6.17. The van der Waals surface area contributed by atoms with E-state index in [1.54, 1.807) is 12.4 Å². The van der Waals surface area contributed by atoms with Crippen LogP contribution in [0, 0.1) is 6.92 Å². The molecule has 2 N–H and O–H groups in total. The number of thiazole rings is 1. The fourth-order valence-electron chi connectivity index (χ4n) is 2.18. The Bertz CT molecular complexity index is 584. The predicted molar refractivity (Wildman–Crippen MR) is 74.6 cm³/mol. The third kappa shape index (κ3) is 3.35. The number of carbonyl (C=O) groups is 1. The molecule has 0 amide bonds. The quantitative estimate of drug-likeness (QED) is 0.833. The normalized spacial score (nSPS) is 20.9. The highest BCUT2D eigenvalue weighted by Gasteiger charge is 2.36. The zero-order valence-corrected chi connectivity index (χ0v) is 12.7. The second-order valence-corrected chi connectivity index (χ2v) is 7.29. The Hall–Kier alpha value is -1.03. The Balaban J connectivity index is 2.08. The van der Waals surface area contributed by atoms with Crippen molar-refractivity contribution in [2.75, 3.05) is 6.54 Å². The van der Waals surface area contributed by atoms with Gasteiger partial charge in [0.1, 0.15) is 6.04 Å². The Morgan fingerprint density at radius 2 is 2.35 bits per heavy atom. The van der Waals surface area contributed by atoms with Crippen LogP contribution in [0.4, 0.5) is 0 Å². The molecule has 0 aliphatic carbocycles. The van der Waals surface area contributed by atoms with Crippen LogP contribution in [0.1, 0.15) is 29.8 Å². The molecule has 1 aliphatic heterocycles. The van der Waals surface area contributed by atoms with Gasteiger partial charge in [0, 0.05) is 18.0 Å². The van der Waals surface area contributed by atoms with E-state index in [-0.39, 0.29) is 13.1 Å². The van der Waals surface area contributed by atoms with Crippen LogP contribution in [0.15, 0.2) is 5.51 Å². The van der Waals surface area contributed by atoms with Crippen LogP contribution < -0.4 is 4.72 Å². The van der Waals surface area contributed by atoms with Gasteiger partial charge in [-0.3, -0.25) is 4.79 Å². The van der Waals surface area contributed by atoms with E-state index in [0.29, 0.717) is 12.8 Å². The average molecular weight is 319 g/mol. The molecule has 1 aliphatic rings. The number of nitrogens with one attached hydrogen (secondary N) is 1. The lowest BCUT2D eigenvalue weighted by Crippen LogP contribution is -2.51. The lowest BCUT2D eigenvalue weighted by molar-refractivity contribution is -0.142. The van der Waals surface area contributed by atoms with Gasteiger partial charge >= 0.3 is 5.97 Å². The molecule has 0 saturated carbocycles. The molecule has 1 unspecified atom stereocenters. The minimum Gasteiger partial charge on any atom is -0.480 e. The number of piperidine rings is 1. The minimum absolute atomic E-state index is 0.141. The minimum atomic E-state index is -3.79. The number of hydrogen-bond donors (Lipinski definition) is 2. The number of hydrogen-bond acceptors (Lipinski definition) is 5. The first-order chi connectivity index (χ1) is 9.42. The van der Waals surface area contributed by atoms with Gasteiger partial charge < -0.3 is 5.11 Å². The van der Waals surface area contributed by atoms with Crippen LogP contribution in [-0.4, -0.2) is 41.4 Å². The molecule has 0 bridgehead atoms. The van der Waals surface area contributed by atoms with Crippen LogP contribution in [0.5, 0.6) is 0 Å². The molecule has 1 saturated heterocycles. The molecule has 0 radical (unpaired) electrons. The summed E-state index contributed by atoms with van der Waals surface area (Å²) in [6.07, 6.45) is 1.77. The summed E-state index contributed by atoms with van der Waals surface area (Å²) in [5.74, 6) is -1.09. The molecule has 1 fully saturated rings. The van der Waals surface area contributed by atoms with Crippen molar-refractivity contribution in [1.82, 2.24) is 14.0 Å². The maximum atomic E-state index is 12.2. The van der Waals surface area contributed by atoms with Crippen LogP contribution in [-0.2, 0) is 21.5 Å². The Labute approximate surface area is 121 Å². The molecule has 2 rings (SSSR count). The zero-order chi connectivity index (χ0) is 14.8. The molecular formula is C11H17N3O4S2. The van der Waals surface area contributed by atoms with Gasteiger partial charge in [0.05, 0.1) is 11.2 Å². The Morgan fingerprint density at radius 1 is 1.60 bits per heavy atom. The van der Waals surface area contributed by atoms with Crippen molar-refractivity contribution in [3.8, 4) is 0 Å². The number of carboxylic acids is 1. The van der Waals surface area contributed by atoms with Gasteiger partial charge in [-0.05, 0) is 26.2 Å². The molecule has 0 spiro atoms. The van der Waals surface area contributed by atoms with Gasteiger partial charge in [-0.1, -0.05) is 0 Å². The maximum Gasteiger partial charge on any atom is 0.322 e. The summed E-state index contributed by atoms with van der Waals surface area (Å²) in [4.78, 5) is 16.0. The molecule has 2 heterocycles. The number of nitrogens with zero attached hydrogens (tertiary/aromatic N) is 2. The van der Waals surface area contributed by atoms with Crippen LogP contribution in [0.2, 0.25) is 0 Å². The third-order valence-corrected chi connectivity index (χ3v) is 5.81. The van der Waals surface area contributed by atoms with Crippen molar-refractivity contribution in [2.24, 2.45) is 0 Å². The SMILES string of the molecule is Cc1ncsc1CNS(=O)(=O)N1CCCCC1C(=O)O. The molecule has 1 atom stereocenters. The molecular weight excluding hydrogens is 302 g/mol. The standard InChI is InChI=1S/C11H17N3O4S2/c1-8-10(19-7-12-8)6-13-20(17,18)14-5-3-2-4-9(14)11(15)16/h7,9,13H,2-6H2,1H3,(H,15,16). The highest BCUT2D eigenvalue weighted by atomic mass is 32.2. The third-order valence-electron chi connectivity index (χ3n) is 3.31. The van der Waals surface area contributed by atoms with Crippen LogP contribution in [0.25, 0.3) is 0 Å². The number of aliphatic carboxylic acids is 1. The lowest BCUT2D eigenvalue weighted by atomic mass is 10.1. The van der Waals surface area contributed by atoms with Crippen molar-refractivity contribution in [2.45, 2.75) is 38.8 Å². The maximum absolute atomic E-state index is 12.2. The first-order valence-electron chi connectivity index (χ1n) is 6.30. The van der Waals surface area contributed by atoms with Crippen molar-refractivity contribution < 1.29 is 18.3 Å². The summed E-state index contributed by atoms with van der Waals surface area (Å²) in [6, 6.07) is -0.969. The lowest BCUT2D eigenvalue weighted by Gasteiger charge is -2.31. The highest BCUT2D eigenvalue weighted by molar-refractivity contribution is 7.87. The fourth-order valence-corrected chi connectivity index (χ4v) is 4.38. The van der Waals surface area contributed by atoms with E-state index in [0.717, 1.165) is 21.3 Å². The smallest absolute Gasteiger partial charge is 0.322 e. The van der Waals surface area contributed by atoms with Crippen molar-refractivity contribution >= 4 is 27.5 Å². The van der Waals surface area contributed by atoms with E-state index in [1.165, 1.54) is 11.3 Å². The summed E-state index contributed by atoms with van der Waals surface area (Å²) >= 11 is 1.37. The first-order valence-corrected chi connectivity index (χ1v) is 8.62. The van der Waals surface area contributed by atoms with E-state index < -0.39 is 22.2 Å². The van der Waals surface area contributed by atoms with Gasteiger partial charge in [-0.2, -0.15) is 17.4 Å². The van der Waals surface area contributed by atoms with E-state index in [1.807, 2.05) is 0 Å². The molecule has 9 heteroatoms. The summed E-state index contributed by atoms with van der Waals surface area (Å²) in [5.41, 5.74) is 2.44. The number of rotatable bonds is 5. The molecule has 1 aromatic heterocycles. The van der Waals surface area contributed by atoms with Crippen LogP contribution >= 0.6 is 11.3 Å². The van der Waals surface area contributed by atoms with E-state index in [2.05, 4.69) is 9.71 Å². The molecule has 1 aromatic rings. The summed E-state index contributed by atoms with van der Waals surface area (Å²) in [7, 11) is -3.79. The topological polar surface area (TPSA) is 99.6 Å². The van der Waals surface area contributed by atoms with Crippen molar-refractivity contribution in [3.63, 3.8) is 0 Å². The molecule has 7 nitrogen and oxygen atoms in total. The number of aromatic nitrogens is 1. The van der Waals surface area contributed by atoms with Crippen molar-refractivity contribution in [1.29, 1.82) is 0 Å². The highest BCUT2D eigenvalue weighted by Crippen LogP contribution is 2.20. The predicted octanol–water partition coefficient (Wildman–Crippen LogP) is 0.725.